The summed E-state index contributed by atoms with van der Waals surface area (Å²) in [7, 11) is 0. The van der Waals surface area contributed by atoms with E-state index in [2.05, 4.69) is 40.2 Å². The first kappa shape index (κ1) is 8.98. The SMILES string of the molecule is Brc1cc2c(c(-c3ccco3)c1)CC=C2. The Balaban J connectivity index is 2.25. The van der Waals surface area contributed by atoms with Gasteiger partial charge in [0, 0.05) is 10.0 Å². The third-order valence-corrected chi connectivity index (χ3v) is 3.11. The van der Waals surface area contributed by atoms with Crippen LogP contribution in [0.4, 0.5) is 0 Å². The minimum absolute atomic E-state index is 0.941. The summed E-state index contributed by atoms with van der Waals surface area (Å²) in [5, 5.41) is 0. The van der Waals surface area contributed by atoms with Gasteiger partial charge in [0.05, 0.1) is 6.26 Å². The molecule has 0 aliphatic heterocycles. The molecule has 0 amide bonds. The van der Waals surface area contributed by atoms with Crippen molar-refractivity contribution in [2.75, 3.05) is 0 Å². The Bertz CT molecular complexity index is 524. The molecule has 0 bridgehead atoms. The molecule has 2 heteroatoms. The van der Waals surface area contributed by atoms with Gasteiger partial charge in [0.2, 0.25) is 0 Å². The number of furan rings is 1. The molecule has 0 saturated carbocycles. The summed E-state index contributed by atoms with van der Waals surface area (Å²) in [6.45, 7) is 0. The second-order valence-corrected chi connectivity index (χ2v) is 4.52. The number of fused-ring (bicyclic) bond motifs is 1. The molecule has 1 nitrogen and oxygen atoms in total. The number of hydrogen-bond acceptors (Lipinski definition) is 1. The molecule has 1 aromatic carbocycles. The van der Waals surface area contributed by atoms with E-state index < -0.39 is 0 Å². The van der Waals surface area contributed by atoms with Crippen LogP contribution in [0.3, 0.4) is 0 Å². The maximum absolute atomic E-state index is 5.45. The van der Waals surface area contributed by atoms with Crippen LogP contribution in [0.2, 0.25) is 0 Å². The minimum Gasteiger partial charge on any atom is -0.464 e. The normalized spacial score (nSPS) is 13.1. The summed E-state index contributed by atoms with van der Waals surface area (Å²) in [6, 6.07) is 8.18. The lowest BCUT2D eigenvalue weighted by molar-refractivity contribution is 0.582. The maximum atomic E-state index is 5.45. The molecule has 74 valence electrons. The van der Waals surface area contributed by atoms with Crippen LogP contribution in [-0.4, -0.2) is 0 Å². The van der Waals surface area contributed by atoms with Crippen molar-refractivity contribution < 1.29 is 4.42 Å². The Morgan fingerprint density at radius 3 is 3.00 bits per heavy atom. The zero-order chi connectivity index (χ0) is 10.3. The molecule has 0 radical (unpaired) electrons. The van der Waals surface area contributed by atoms with Crippen LogP contribution in [0.15, 0.2) is 45.5 Å². The zero-order valence-electron chi connectivity index (χ0n) is 8.03. The highest BCUT2D eigenvalue weighted by atomic mass is 79.9. The highest BCUT2D eigenvalue weighted by molar-refractivity contribution is 9.10. The van der Waals surface area contributed by atoms with Crippen LogP contribution in [0, 0.1) is 0 Å². The van der Waals surface area contributed by atoms with Crippen LogP contribution < -0.4 is 0 Å². The number of rotatable bonds is 1. The summed E-state index contributed by atoms with van der Waals surface area (Å²) in [5.74, 6) is 0.941. The van der Waals surface area contributed by atoms with Gasteiger partial charge in [-0.25, -0.2) is 0 Å². The van der Waals surface area contributed by atoms with Crippen molar-refractivity contribution in [3.63, 3.8) is 0 Å². The monoisotopic (exact) mass is 260 g/mol. The van der Waals surface area contributed by atoms with Gasteiger partial charge in [0.25, 0.3) is 0 Å². The Kier molecular flexibility index (Phi) is 2.03. The van der Waals surface area contributed by atoms with Crippen LogP contribution in [-0.2, 0) is 6.42 Å². The standard InChI is InChI=1S/C13H9BrO/c14-10-7-9-3-1-4-11(9)12(8-10)13-5-2-6-15-13/h1-3,5-8H,4H2. The van der Waals surface area contributed by atoms with E-state index in [-0.39, 0.29) is 0 Å². The Morgan fingerprint density at radius 2 is 2.20 bits per heavy atom. The Hall–Kier alpha value is -1.28. The molecule has 1 aliphatic rings. The molecule has 0 spiro atoms. The van der Waals surface area contributed by atoms with Crippen LogP contribution in [0.25, 0.3) is 17.4 Å². The van der Waals surface area contributed by atoms with E-state index in [9.17, 15) is 0 Å². The van der Waals surface area contributed by atoms with Gasteiger partial charge in [0.1, 0.15) is 5.76 Å². The molecular formula is C13H9BrO. The third-order valence-electron chi connectivity index (χ3n) is 2.66. The predicted octanol–water partition coefficient (Wildman–Crippen LogP) is 4.28. The molecule has 0 unspecified atom stereocenters. The molecular weight excluding hydrogens is 252 g/mol. The van der Waals surface area contributed by atoms with Crippen molar-refractivity contribution >= 4 is 22.0 Å². The highest BCUT2D eigenvalue weighted by Crippen LogP contribution is 2.34. The quantitative estimate of drug-likeness (QED) is 0.746. The Morgan fingerprint density at radius 1 is 1.27 bits per heavy atom. The number of hydrogen-bond donors (Lipinski definition) is 0. The summed E-state index contributed by atoms with van der Waals surface area (Å²) >= 11 is 3.53. The molecule has 0 atom stereocenters. The van der Waals surface area contributed by atoms with Crippen molar-refractivity contribution in [1.29, 1.82) is 0 Å². The van der Waals surface area contributed by atoms with E-state index in [0.29, 0.717) is 0 Å². The second kappa shape index (κ2) is 3.38. The van der Waals surface area contributed by atoms with Gasteiger partial charge in [0.15, 0.2) is 0 Å². The summed E-state index contributed by atoms with van der Waals surface area (Å²) < 4.78 is 6.55. The van der Waals surface area contributed by atoms with Crippen LogP contribution in [0.1, 0.15) is 11.1 Å². The fourth-order valence-corrected chi connectivity index (χ4v) is 2.47. The number of benzene rings is 1. The molecule has 1 aromatic heterocycles. The molecule has 0 fully saturated rings. The predicted molar refractivity (Wildman–Crippen MR) is 64.6 cm³/mol. The fraction of sp³-hybridized carbons (Fsp3) is 0.0769. The second-order valence-electron chi connectivity index (χ2n) is 3.60. The number of halogens is 1. The van der Waals surface area contributed by atoms with Crippen molar-refractivity contribution in [2.45, 2.75) is 6.42 Å². The first-order valence-electron chi connectivity index (χ1n) is 4.87. The first-order valence-corrected chi connectivity index (χ1v) is 5.67. The topological polar surface area (TPSA) is 13.1 Å². The van der Waals surface area contributed by atoms with Gasteiger partial charge in [-0.3, -0.25) is 0 Å². The summed E-state index contributed by atoms with van der Waals surface area (Å²) in [6.07, 6.45) is 7.06. The van der Waals surface area contributed by atoms with Crippen molar-refractivity contribution in [2.24, 2.45) is 0 Å². The lowest BCUT2D eigenvalue weighted by Crippen LogP contribution is -1.87. The van der Waals surface area contributed by atoms with Crippen molar-refractivity contribution in [1.82, 2.24) is 0 Å². The largest absolute Gasteiger partial charge is 0.464 e. The molecule has 0 saturated heterocycles. The van der Waals surface area contributed by atoms with E-state index in [1.54, 1.807) is 6.26 Å². The first-order chi connectivity index (χ1) is 7.34. The molecule has 15 heavy (non-hydrogen) atoms. The molecule has 3 rings (SSSR count). The highest BCUT2D eigenvalue weighted by Gasteiger charge is 2.14. The summed E-state index contributed by atoms with van der Waals surface area (Å²) in [5.41, 5.74) is 3.83. The average Bonchev–Trinajstić information content (AvgIpc) is 2.86. The fourth-order valence-electron chi connectivity index (χ4n) is 1.99. The zero-order valence-corrected chi connectivity index (χ0v) is 9.62. The third kappa shape index (κ3) is 1.45. The smallest absolute Gasteiger partial charge is 0.134 e. The minimum atomic E-state index is 0.941. The maximum Gasteiger partial charge on any atom is 0.134 e. The van der Waals surface area contributed by atoms with E-state index in [0.717, 1.165) is 16.7 Å². The van der Waals surface area contributed by atoms with Crippen molar-refractivity contribution in [3.05, 3.63) is 52.2 Å². The van der Waals surface area contributed by atoms with E-state index in [4.69, 9.17) is 4.42 Å². The van der Waals surface area contributed by atoms with Crippen molar-refractivity contribution in [3.8, 4) is 11.3 Å². The molecule has 0 N–H and O–H groups in total. The van der Waals surface area contributed by atoms with Crippen LogP contribution >= 0.6 is 15.9 Å². The number of allylic oxidation sites excluding steroid dienone is 1. The lowest BCUT2D eigenvalue weighted by Gasteiger charge is -2.06. The van der Waals surface area contributed by atoms with E-state index in [1.807, 2.05) is 12.1 Å². The Labute approximate surface area is 96.5 Å². The van der Waals surface area contributed by atoms with Gasteiger partial charge < -0.3 is 4.42 Å². The van der Waals surface area contributed by atoms with Gasteiger partial charge >= 0.3 is 0 Å². The van der Waals surface area contributed by atoms with Gasteiger partial charge in [-0.1, -0.05) is 28.1 Å². The van der Waals surface area contributed by atoms with E-state index in [1.165, 1.54) is 16.7 Å². The van der Waals surface area contributed by atoms with Crippen LogP contribution in [0.5, 0.6) is 0 Å². The lowest BCUT2D eigenvalue weighted by atomic mass is 10.0. The van der Waals surface area contributed by atoms with Gasteiger partial charge in [-0.05, 0) is 41.8 Å². The van der Waals surface area contributed by atoms with E-state index >= 15 is 0 Å². The summed E-state index contributed by atoms with van der Waals surface area (Å²) in [4.78, 5) is 0. The molecule has 2 aromatic rings. The average molecular weight is 261 g/mol. The molecule has 1 aliphatic carbocycles. The molecule has 1 heterocycles. The van der Waals surface area contributed by atoms with Gasteiger partial charge in [-0.15, -0.1) is 0 Å². The van der Waals surface area contributed by atoms with Gasteiger partial charge in [-0.2, -0.15) is 0 Å².